The van der Waals surface area contributed by atoms with Gasteiger partial charge in [-0.15, -0.1) is 0 Å². The Hall–Kier alpha value is -4.38. The first-order chi connectivity index (χ1) is 16.6. The SMILES string of the molecule is N#CC[C@@H]([C@H]1CCN(c2nccc(C(F)F)c2C#N)C1)n1cc(-c2ncnc3[nH]ccc23)cn1. The van der Waals surface area contributed by atoms with Gasteiger partial charge < -0.3 is 9.88 Å². The average molecular weight is 459 g/mol. The van der Waals surface area contributed by atoms with Gasteiger partial charge in [0.1, 0.15) is 29.4 Å². The lowest BCUT2D eigenvalue weighted by Crippen LogP contribution is -2.26. The predicted molar refractivity (Wildman–Crippen MR) is 119 cm³/mol. The molecule has 1 fully saturated rings. The largest absolute Gasteiger partial charge is 0.355 e. The first-order valence-electron chi connectivity index (χ1n) is 10.7. The number of nitrogens with zero attached hydrogens (tertiary/aromatic N) is 8. The molecule has 0 amide bonds. The van der Waals surface area contributed by atoms with Gasteiger partial charge in [-0.1, -0.05) is 0 Å². The highest BCUT2D eigenvalue weighted by Gasteiger charge is 2.33. The van der Waals surface area contributed by atoms with E-state index in [-0.39, 0.29) is 35.3 Å². The lowest BCUT2D eigenvalue weighted by atomic mass is 9.96. The number of anilines is 1. The Labute approximate surface area is 193 Å². The molecular weight excluding hydrogens is 440 g/mol. The summed E-state index contributed by atoms with van der Waals surface area (Å²) in [5, 5.41) is 24.4. The van der Waals surface area contributed by atoms with E-state index in [0.29, 0.717) is 19.5 Å². The third kappa shape index (κ3) is 3.71. The standard InChI is InChI=1S/C23H19F2N9/c24-21(25)16-2-7-29-23(18(16)9-27)33-8-4-14(11-33)19(1-5-26)34-12-15(10-32-34)20-17-3-6-28-22(17)31-13-30-20/h2-3,6-7,10,12-14,19,21H,1,4,8,11H2,(H,28,30,31)/t14-,19-/m0/s1. The van der Waals surface area contributed by atoms with Crippen LogP contribution in [0.5, 0.6) is 0 Å². The Balaban J connectivity index is 1.42. The molecule has 34 heavy (non-hydrogen) atoms. The summed E-state index contributed by atoms with van der Waals surface area (Å²) < 4.78 is 28.5. The Morgan fingerprint density at radius 3 is 2.88 bits per heavy atom. The molecule has 0 aliphatic carbocycles. The maximum absolute atomic E-state index is 13.4. The number of alkyl halides is 2. The molecule has 11 heteroatoms. The van der Waals surface area contributed by atoms with E-state index in [9.17, 15) is 19.3 Å². The van der Waals surface area contributed by atoms with Crippen LogP contribution >= 0.6 is 0 Å². The highest BCUT2D eigenvalue weighted by Crippen LogP contribution is 2.36. The van der Waals surface area contributed by atoms with Crippen LogP contribution in [0.15, 0.2) is 43.2 Å². The minimum absolute atomic E-state index is 0.0219. The molecule has 0 saturated carbocycles. The van der Waals surface area contributed by atoms with E-state index in [1.54, 1.807) is 17.1 Å². The summed E-state index contributed by atoms with van der Waals surface area (Å²) in [6, 6.07) is 6.98. The number of nitriles is 2. The monoisotopic (exact) mass is 459 g/mol. The van der Waals surface area contributed by atoms with Crippen molar-refractivity contribution in [1.29, 1.82) is 10.5 Å². The van der Waals surface area contributed by atoms with Crippen LogP contribution in [0.2, 0.25) is 0 Å². The van der Waals surface area contributed by atoms with Crippen molar-refractivity contribution in [2.75, 3.05) is 18.0 Å². The third-order valence-electron chi connectivity index (χ3n) is 6.25. The second-order valence-electron chi connectivity index (χ2n) is 8.11. The molecule has 4 aromatic heterocycles. The maximum Gasteiger partial charge on any atom is 0.265 e. The number of hydrogen-bond acceptors (Lipinski definition) is 7. The summed E-state index contributed by atoms with van der Waals surface area (Å²) in [6.07, 6.45) is 6.37. The van der Waals surface area contributed by atoms with Gasteiger partial charge in [-0.05, 0) is 18.6 Å². The molecule has 1 aliphatic rings. The molecule has 170 valence electrons. The Morgan fingerprint density at radius 1 is 1.21 bits per heavy atom. The Bertz CT molecular complexity index is 1410. The molecule has 0 unspecified atom stereocenters. The van der Waals surface area contributed by atoms with Gasteiger partial charge in [0.2, 0.25) is 0 Å². The van der Waals surface area contributed by atoms with Gasteiger partial charge in [0.15, 0.2) is 0 Å². The van der Waals surface area contributed by atoms with E-state index < -0.39 is 6.43 Å². The van der Waals surface area contributed by atoms with Crippen molar-refractivity contribution in [3.05, 3.63) is 54.4 Å². The highest BCUT2D eigenvalue weighted by atomic mass is 19.3. The number of aromatic amines is 1. The number of aromatic nitrogens is 6. The summed E-state index contributed by atoms with van der Waals surface area (Å²) in [7, 11) is 0. The highest BCUT2D eigenvalue weighted by molar-refractivity contribution is 5.89. The van der Waals surface area contributed by atoms with Crippen molar-refractivity contribution < 1.29 is 8.78 Å². The van der Waals surface area contributed by atoms with Crippen LogP contribution in [-0.2, 0) is 0 Å². The molecule has 1 N–H and O–H groups in total. The van der Waals surface area contributed by atoms with Crippen molar-refractivity contribution in [1.82, 2.24) is 29.7 Å². The molecule has 5 heterocycles. The number of halogens is 2. The van der Waals surface area contributed by atoms with Gasteiger partial charge in [-0.2, -0.15) is 15.6 Å². The Morgan fingerprint density at radius 2 is 2.09 bits per heavy atom. The van der Waals surface area contributed by atoms with E-state index in [0.717, 1.165) is 22.3 Å². The number of rotatable bonds is 6. The summed E-state index contributed by atoms with van der Waals surface area (Å²) in [5.41, 5.74) is 1.86. The van der Waals surface area contributed by atoms with Crippen molar-refractivity contribution >= 4 is 16.9 Å². The van der Waals surface area contributed by atoms with Gasteiger partial charge in [-0.3, -0.25) is 4.68 Å². The van der Waals surface area contributed by atoms with E-state index in [4.69, 9.17) is 0 Å². The minimum Gasteiger partial charge on any atom is -0.355 e. The number of hydrogen-bond donors (Lipinski definition) is 1. The van der Waals surface area contributed by atoms with Crippen LogP contribution in [-0.4, -0.2) is 42.8 Å². The number of nitrogens with one attached hydrogen (secondary N) is 1. The van der Waals surface area contributed by atoms with Crippen LogP contribution < -0.4 is 4.90 Å². The third-order valence-corrected chi connectivity index (χ3v) is 6.25. The number of fused-ring (bicyclic) bond motifs is 1. The van der Waals surface area contributed by atoms with Gasteiger partial charge >= 0.3 is 0 Å². The molecule has 0 spiro atoms. The summed E-state index contributed by atoms with van der Waals surface area (Å²) >= 11 is 0. The summed E-state index contributed by atoms with van der Waals surface area (Å²) in [4.78, 5) is 17.7. The molecule has 1 aliphatic heterocycles. The van der Waals surface area contributed by atoms with Crippen LogP contribution in [0.4, 0.5) is 14.6 Å². The van der Waals surface area contributed by atoms with Crippen LogP contribution in [0.25, 0.3) is 22.3 Å². The second-order valence-corrected chi connectivity index (χ2v) is 8.11. The normalized spacial score (nSPS) is 16.6. The molecular formula is C23H19F2N9. The Kier molecular flexibility index (Phi) is 5.60. The zero-order chi connectivity index (χ0) is 23.7. The van der Waals surface area contributed by atoms with Crippen molar-refractivity contribution in [2.24, 2.45) is 5.92 Å². The van der Waals surface area contributed by atoms with Crippen LogP contribution in [0.3, 0.4) is 0 Å². The van der Waals surface area contributed by atoms with Crippen LogP contribution in [0, 0.1) is 28.6 Å². The maximum atomic E-state index is 13.4. The molecule has 9 nitrogen and oxygen atoms in total. The average Bonchev–Trinajstić information content (AvgIpc) is 3.62. The number of H-pyrrole nitrogens is 1. The van der Waals surface area contributed by atoms with Crippen molar-refractivity contribution in [3.63, 3.8) is 0 Å². The molecule has 2 atom stereocenters. The first-order valence-corrected chi connectivity index (χ1v) is 10.7. The first kappa shape index (κ1) is 21.5. The fourth-order valence-electron chi connectivity index (χ4n) is 4.61. The fraction of sp³-hybridized carbons (Fsp3) is 0.304. The van der Waals surface area contributed by atoms with Crippen LogP contribution in [0.1, 0.15) is 36.4 Å². The topological polar surface area (TPSA) is 123 Å². The quantitative estimate of drug-likeness (QED) is 0.462. The molecule has 0 radical (unpaired) electrons. The lowest BCUT2D eigenvalue weighted by molar-refractivity contribution is 0.151. The van der Waals surface area contributed by atoms with E-state index in [2.05, 4.69) is 31.1 Å². The molecule has 0 bridgehead atoms. The second kappa shape index (κ2) is 8.87. The zero-order valence-electron chi connectivity index (χ0n) is 17.9. The van der Waals surface area contributed by atoms with E-state index in [1.165, 1.54) is 18.6 Å². The van der Waals surface area contributed by atoms with Crippen molar-refractivity contribution in [2.45, 2.75) is 25.3 Å². The van der Waals surface area contributed by atoms with Gasteiger partial charge in [-0.25, -0.2) is 23.7 Å². The summed E-state index contributed by atoms with van der Waals surface area (Å²) in [5.74, 6) is 0.282. The lowest BCUT2D eigenvalue weighted by Gasteiger charge is -2.23. The van der Waals surface area contributed by atoms with E-state index >= 15 is 0 Å². The molecule has 1 saturated heterocycles. The smallest absolute Gasteiger partial charge is 0.265 e. The fourth-order valence-corrected chi connectivity index (χ4v) is 4.61. The number of pyridine rings is 1. The summed E-state index contributed by atoms with van der Waals surface area (Å²) in [6.45, 7) is 1.02. The molecule has 0 aromatic carbocycles. The van der Waals surface area contributed by atoms with Gasteiger partial charge in [0.05, 0.1) is 30.4 Å². The molecule has 4 aromatic rings. The minimum atomic E-state index is -2.75. The zero-order valence-corrected chi connectivity index (χ0v) is 17.9. The van der Waals surface area contributed by atoms with E-state index in [1.807, 2.05) is 23.2 Å². The molecule has 5 rings (SSSR count). The van der Waals surface area contributed by atoms with Gasteiger partial charge in [0, 0.05) is 54.1 Å². The van der Waals surface area contributed by atoms with Crippen molar-refractivity contribution in [3.8, 4) is 23.4 Å². The predicted octanol–water partition coefficient (Wildman–Crippen LogP) is 4.01. The van der Waals surface area contributed by atoms with Gasteiger partial charge in [0.25, 0.3) is 6.43 Å².